The summed E-state index contributed by atoms with van der Waals surface area (Å²) in [7, 11) is 2.00. The van der Waals surface area contributed by atoms with Crippen LogP contribution in [-0.4, -0.2) is 52.2 Å². The normalized spacial score (nSPS) is 18.5. The predicted octanol–water partition coefficient (Wildman–Crippen LogP) is 2.47. The van der Waals surface area contributed by atoms with Crippen molar-refractivity contribution in [3.63, 3.8) is 0 Å². The third-order valence-electron chi connectivity index (χ3n) is 4.57. The summed E-state index contributed by atoms with van der Waals surface area (Å²) >= 11 is 3.50. The number of allylic oxidation sites excluding steroid dienone is 1. The average molecular weight is 403 g/mol. The molecule has 1 aromatic heterocycles. The van der Waals surface area contributed by atoms with Gasteiger partial charge in [0.25, 0.3) is 0 Å². The van der Waals surface area contributed by atoms with E-state index < -0.39 is 0 Å². The van der Waals surface area contributed by atoms with Crippen LogP contribution in [0.4, 0.5) is 0 Å². The van der Waals surface area contributed by atoms with Gasteiger partial charge in [0.1, 0.15) is 11.6 Å². The molecule has 0 aliphatic carbocycles. The van der Waals surface area contributed by atoms with Crippen LogP contribution in [0.5, 0.6) is 0 Å². The highest BCUT2D eigenvalue weighted by molar-refractivity contribution is 9.10. The maximum atomic E-state index is 12.2. The molecule has 0 saturated carbocycles. The highest BCUT2D eigenvalue weighted by Gasteiger charge is 2.21. The molecule has 25 heavy (non-hydrogen) atoms. The Kier molecular flexibility index (Phi) is 4.43. The van der Waals surface area contributed by atoms with E-state index in [1.165, 1.54) is 0 Å². The minimum absolute atomic E-state index is 0.105. The van der Waals surface area contributed by atoms with Gasteiger partial charge in [0, 0.05) is 49.2 Å². The van der Waals surface area contributed by atoms with Gasteiger partial charge in [-0.25, -0.2) is 9.98 Å². The van der Waals surface area contributed by atoms with Gasteiger partial charge in [-0.15, -0.1) is 0 Å². The molecule has 0 radical (unpaired) electrons. The van der Waals surface area contributed by atoms with Crippen molar-refractivity contribution < 1.29 is 9.53 Å². The molecule has 2 aliphatic rings. The topological polar surface area (TPSA) is 59.7 Å². The zero-order valence-corrected chi connectivity index (χ0v) is 15.6. The molecule has 2 aliphatic heterocycles. The number of benzene rings is 1. The number of fused-ring (bicyclic) bond motifs is 1. The van der Waals surface area contributed by atoms with Gasteiger partial charge < -0.3 is 14.2 Å². The maximum absolute atomic E-state index is 12.2. The monoisotopic (exact) mass is 402 g/mol. The van der Waals surface area contributed by atoms with E-state index in [0.29, 0.717) is 26.1 Å². The van der Waals surface area contributed by atoms with Crippen molar-refractivity contribution in [3.8, 4) is 0 Å². The van der Waals surface area contributed by atoms with E-state index >= 15 is 0 Å². The first-order valence-corrected chi connectivity index (χ1v) is 9.14. The Morgan fingerprint density at radius 3 is 2.88 bits per heavy atom. The number of hydrogen-bond donors (Lipinski definition) is 0. The van der Waals surface area contributed by atoms with E-state index in [-0.39, 0.29) is 5.78 Å². The van der Waals surface area contributed by atoms with Crippen LogP contribution in [0.1, 0.15) is 12.2 Å². The van der Waals surface area contributed by atoms with Crippen LogP contribution in [-0.2, 0) is 23.0 Å². The first-order valence-electron chi connectivity index (χ1n) is 8.34. The number of ketones is 1. The third-order valence-corrected chi connectivity index (χ3v) is 5.07. The molecule has 0 amide bonds. The molecule has 0 unspecified atom stereocenters. The van der Waals surface area contributed by atoms with E-state index in [2.05, 4.69) is 31.5 Å². The number of aromatic nitrogens is 2. The van der Waals surface area contributed by atoms with Crippen molar-refractivity contribution >= 4 is 38.5 Å². The second-order valence-corrected chi connectivity index (χ2v) is 7.24. The van der Waals surface area contributed by atoms with Crippen molar-refractivity contribution in [1.82, 2.24) is 14.5 Å². The number of rotatable bonds is 3. The predicted molar refractivity (Wildman–Crippen MR) is 99.7 cm³/mol. The minimum atomic E-state index is 0.105. The number of halogens is 1. The van der Waals surface area contributed by atoms with Crippen molar-refractivity contribution in [3.05, 3.63) is 40.4 Å². The Morgan fingerprint density at radius 2 is 2.08 bits per heavy atom. The molecule has 0 N–H and O–H groups in total. The van der Waals surface area contributed by atoms with Crippen LogP contribution >= 0.6 is 15.9 Å². The van der Waals surface area contributed by atoms with Gasteiger partial charge in [-0.3, -0.25) is 4.79 Å². The van der Waals surface area contributed by atoms with Gasteiger partial charge in [0.15, 0.2) is 5.78 Å². The quantitative estimate of drug-likeness (QED) is 0.790. The van der Waals surface area contributed by atoms with Crippen LogP contribution in [0.3, 0.4) is 0 Å². The molecular weight excluding hydrogens is 384 g/mol. The number of hydrogen-bond acceptors (Lipinski definition) is 5. The fourth-order valence-corrected chi connectivity index (χ4v) is 3.59. The van der Waals surface area contributed by atoms with Gasteiger partial charge >= 0.3 is 0 Å². The molecule has 6 nitrogen and oxygen atoms in total. The lowest BCUT2D eigenvalue weighted by Gasteiger charge is -2.30. The average Bonchev–Trinajstić information content (AvgIpc) is 2.91. The molecule has 0 spiro atoms. The number of imidazole rings is 1. The second-order valence-electron chi connectivity index (χ2n) is 6.32. The van der Waals surface area contributed by atoms with Crippen molar-refractivity contribution in [1.29, 1.82) is 0 Å². The number of morpholine rings is 1. The Hall–Kier alpha value is -1.99. The standard InChI is InChI=1S/C18H19BrN4O2/c1-22-16-8-12(19)2-3-15(16)21-17(22)10-13-9-14(24)11-18(20-13)23-4-6-25-7-5-23/h2-3,8,11H,4-7,9-10H2,1H3. The number of ether oxygens (including phenoxy) is 1. The minimum Gasteiger partial charge on any atom is -0.378 e. The SMILES string of the molecule is Cn1c(CC2=NC(N3CCOCC3)=CC(=O)C2)nc2ccc(Br)cc21. The summed E-state index contributed by atoms with van der Waals surface area (Å²) in [6.07, 6.45) is 2.60. The van der Waals surface area contributed by atoms with Crippen molar-refractivity contribution in [2.24, 2.45) is 12.0 Å². The lowest BCUT2D eigenvalue weighted by Crippen LogP contribution is -2.36. The zero-order chi connectivity index (χ0) is 17.4. The highest BCUT2D eigenvalue weighted by atomic mass is 79.9. The van der Waals surface area contributed by atoms with E-state index in [9.17, 15) is 4.79 Å². The van der Waals surface area contributed by atoms with Gasteiger partial charge in [-0.05, 0) is 18.2 Å². The van der Waals surface area contributed by atoms with Gasteiger partial charge in [-0.1, -0.05) is 15.9 Å². The molecule has 1 fully saturated rings. The molecule has 7 heteroatoms. The van der Waals surface area contributed by atoms with Crippen LogP contribution in [0.25, 0.3) is 11.0 Å². The smallest absolute Gasteiger partial charge is 0.164 e. The van der Waals surface area contributed by atoms with E-state index in [1.54, 1.807) is 6.08 Å². The summed E-state index contributed by atoms with van der Waals surface area (Å²) in [4.78, 5) is 23.7. The molecule has 1 aromatic carbocycles. The Labute approximate surface area is 154 Å². The van der Waals surface area contributed by atoms with Gasteiger partial charge in [-0.2, -0.15) is 0 Å². The lowest BCUT2D eigenvalue weighted by molar-refractivity contribution is -0.113. The summed E-state index contributed by atoms with van der Waals surface area (Å²) in [5.41, 5.74) is 2.88. The molecule has 3 heterocycles. The first kappa shape index (κ1) is 16.5. The van der Waals surface area contributed by atoms with Crippen LogP contribution in [0.2, 0.25) is 0 Å². The largest absolute Gasteiger partial charge is 0.378 e. The van der Waals surface area contributed by atoms with E-state index in [0.717, 1.165) is 46.0 Å². The van der Waals surface area contributed by atoms with Crippen molar-refractivity contribution in [2.45, 2.75) is 12.8 Å². The Balaban J connectivity index is 1.61. The molecule has 4 rings (SSSR count). The summed E-state index contributed by atoms with van der Waals surface area (Å²) in [6, 6.07) is 6.04. The Morgan fingerprint density at radius 1 is 1.28 bits per heavy atom. The first-order chi connectivity index (χ1) is 12.1. The fourth-order valence-electron chi connectivity index (χ4n) is 3.24. The van der Waals surface area contributed by atoms with Crippen LogP contribution in [0.15, 0.2) is 39.6 Å². The van der Waals surface area contributed by atoms with Crippen molar-refractivity contribution in [2.75, 3.05) is 26.3 Å². The summed E-state index contributed by atoms with van der Waals surface area (Å²) in [5, 5.41) is 0. The summed E-state index contributed by atoms with van der Waals surface area (Å²) in [6.45, 7) is 2.90. The second kappa shape index (κ2) is 6.72. The number of aryl methyl sites for hydroxylation is 1. The summed E-state index contributed by atoms with van der Waals surface area (Å²) in [5.74, 6) is 1.78. The molecule has 1 saturated heterocycles. The number of aliphatic imine (C=N–C) groups is 1. The van der Waals surface area contributed by atoms with Crippen LogP contribution in [0, 0.1) is 0 Å². The molecule has 0 atom stereocenters. The van der Waals surface area contributed by atoms with E-state index in [4.69, 9.17) is 14.7 Å². The Bertz CT molecular complexity index is 894. The fraction of sp³-hybridized carbons (Fsp3) is 0.389. The number of nitrogens with zero attached hydrogens (tertiary/aromatic N) is 4. The number of carbonyl (C=O) groups is 1. The number of carbonyl (C=O) groups excluding carboxylic acids is 1. The lowest BCUT2D eigenvalue weighted by atomic mass is 10.1. The summed E-state index contributed by atoms with van der Waals surface area (Å²) < 4.78 is 8.47. The van der Waals surface area contributed by atoms with Crippen LogP contribution < -0.4 is 0 Å². The van der Waals surface area contributed by atoms with Gasteiger partial charge in [0.2, 0.25) is 0 Å². The zero-order valence-electron chi connectivity index (χ0n) is 14.0. The van der Waals surface area contributed by atoms with E-state index in [1.807, 2.05) is 19.2 Å². The maximum Gasteiger partial charge on any atom is 0.164 e. The van der Waals surface area contributed by atoms with Gasteiger partial charge in [0.05, 0.1) is 24.2 Å². The highest BCUT2D eigenvalue weighted by Crippen LogP contribution is 2.22. The molecule has 0 bridgehead atoms. The molecule has 2 aromatic rings. The third kappa shape index (κ3) is 3.39. The molecule has 130 valence electrons. The molecular formula is C18H19BrN4O2.